The topological polar surface area (TPSA) is 34.0 Å². The van der Waals surface area contributed by atoms with Gasteiger partial charge in [-0.25, -0.2) is 0 Å². The third kappa shape index (κ3) is 4.19. The van der Waals surface area contributed by atoms with E-state index in [-0.39, 0.29) is 11.9 Å². The summed E-state index contributed by atoms with van der Waals surface area (Å²) in [5.74, 6) is 0.0144. The smallest absolute Gasteiger partial charge is 0.267 e. The van der Waals surface area contributed by atoms with Crippen LogP contribution in [0.5, 0.6) is 0 Å². The Kier molecular flexibility index (Phi) is 5.75. The molecule has 96 valence electrons. The van der Waals surface area contributed by atoms with E-state index in [0.29, 0.717) is 0 Å². The summed E-state index contributed by atoms with van der Waals surface area (Å²) < 4.78 is 2.93. The number of halogens is 1. The van der Waals surface area contributed by atoms with E-state index < -0.39 is 0 Å². The van der Waals surface area contributed by atoms with E-state index >= 15 is 0 Å². The van der Waals surface area contributed by atoms with Crippen molar-refractivity contribution in [3.8, 4) is 0 Å². The maximum Gasteiger partial charge on any atom is 0.267 e. The van der Waals surface area contributed by atoms with Crippen molar-refractivity contribution in [3.05, 3.63) is 22.4 Å². The summed E-state index contributed by atoms with van der Waals surface area (Å²) >= 11 is 3.41. The minimum Gasteiger partial charge on any atom is -0.351 e. The third-order valence-corrected chi connectivity index (χ3v) is 3.10. The molecule has 0 spiro atoms. The molecule has 0 fully saturated rings. The molecule has 1 amide bonds. The van der Waals surface area contributed by atoms with Crippen molar-refractivity contribution in [3.63, 3.8) is 0 Å². The Morgan fingerprint density at radius 2 is 2.18 bits per heavy atom. The Balaban J connectivity index is 2.62. The highest BCUT2D eigenvalue weighted by molar-refractivity contribution is 9.10. The number of aromatic nitrogens is 1. The van der Waals surface area contributed by atoms with Crippen molar-refractivity contribution >= 4 is 21.8 Å². The molecule has 17 heavy (non-hydrogen) atoms. The van der Waals surface area contributed by atoms with Crippen LogP contribution in [0.15, 0.2) is 16.7 Å². The standard InChI is InChI=1S/C13H21BrN2O/c1-4-5-6-7-15-13(17)12-8-11(14)9-16(12)10(2)3/h8-10H,4-7H2,1-3H3,(H,15,17). The predicted octanol–water partition coefficient (Wildman–Crippen LogP) is 3.75. The van der Waals surface area contributed by atoms with Gasteiger partial charge in [-0.05, 0) is 42.3 Å². The molecule has 0 aromatic carbocycles. The first-order chi connectivity index (χ1) is 8.06. The molecule has 1 rings (SSSR count). The van der Waals surface area contributed by atoms with Gasteiger partial charge in [-0.2, -0.15) is 0 Å². The van der Waals surface area contributed by atoms with Crippen molar-refractivity contribution in [1.29, 1.82) is 0 Å². The third-order valence-electron chi connectivity index (χ3n) is 2.67. The SMILES string of the molecule is CCCCCNC(=O)c1cc(Br)cn1C(C)C. The van der Waals surface area contributed by atoms with Crippen LogP contribution in [0.4, 0.5) is 0 Å². The van der Waals surface area contributed by atoms with Gasteiger partial charge in [0.1, 0.15) is 5.69 Å². The normalized spacial score (nSPS) is 10.9. The van der Waals surface area contributed by atoms with E-state index in [0.717, 1.165) is 29.6 Å². The van der Waals surface area contributed by atoms with Gasteiger partial charge in [0.05, 0.1) is 0 Å². The lowest BCUT2D eigenvalue weighted by Crippen LogP contribution is -2.27. The van der Waals surface area contributed by atoms with Crippen molar-refractivity contribution in [1.82, 2.24) is 9.88 Å². The fourth-order valence-electron chi connectivity index (χ4n) is 1.72. The van der Waals surface area contributed by atoms with Crippen molar-refractivity contribution in [2.24, 2.45) is 0 Å². The molecular weight excluding hydrogens is 280 g/mol. The van der Waals surface area contributed by atoms with Gasteiger partial charge >= 0.3 is 0 Å². The van der Waals surface area contributed by atoms with Crippen LogP contribution < -0.4 is 5.32 Å². The molecule has 0 saturated carbocycles. The number of rotatable bonds is 6. The highest BCUT2D eigenvalue weighted by Gasteiger charge is 2.14. The zero-order valence-corrected chi connectivity index (χ0v) is 12.4. The molecule has 0 bridgehead atoms. The maximum absolute atomic E-state index is 12.0. The van der Waals surface area contributed by atoms with Gasteiger partial charge in [-0.1, -0.05) is 19.8 Å². The Morgan fingerprint density at radius 3 is 2.76 bits per heavy atom. The summed E-state index contributed by atoms with van der Waals surface area (Å²) in [6.07, 6.45) is 5.33. The van der Waals surface area contributed by atoms with Crippen molar-refractivity contribution in [2.75, 3.05) is 6.54 Å². The van der Waals surface area contributed by atoms with E-state index in [1.807, 2.05) is 16.8 Å². The highest BCUT2D eigenvalue weighted by Crippen LogP contribution is 2.19. The van der Waals surface area contributed by atoms with Gasteiger partial charge in [0.15, 0.2) is 0 Å². The lowest BCUT2D eigenvalue weighted by Gasteiger charge is -2.12. The second-order valence-corrected chi connectivity index (χ2v) is 5.42. The van der Waals surface area contributed by atoms with Gasteiger partial charge in [0.25, 0.3) is 5.91 Å². The maximum atomic E-state index is 12.0. The Morgan fingerprint density at radius 1 is 1.47 bits per heavy atom. The zero-order valence-electron chi connectivity index (χ0n) is 10.8. The van der Waals surface area contributed by atoms with Gasteiger partial charge in [-0.3, -0.25) is 4.79 Å². The number of nitrogens with one attached hydrogen (secondary N) is 1. The first-order valence-electron chi connectivity index (χ1n) is 6.21. The summed E-state index contributed by atoms with van der Waals surface area (Å²) in [6, 6.07) is 2.16. The van der Waals surface area contributed by atoms with Crippen LogP contribution in [-0.4, -0.2) is 17.0 Å². The molecule has 0 aliphatic rings. The van der Waals surface area contributed by atoms with Crippen LogP contribution in [0.3, 0.4) is 0 Å². The lowest BCUT2D eigenvalue weighted by molar-refractivity contribution is 0.0942. The van der Waals surface area contributed by atoms with E-state index in [9.17, 15) is 4.79 Å². The molecule has 1 aromatic rings. The Bertz CT molecular complexity index is 371. The Hall–Kier alpha value is -0.770. The van der Waals surface area contributed by atoms with E-state index in [4.69, 9.17) is 0 Å². The first-order valence-corrected chi connectivity index (χ1v) is 7.01. The van der Waals surface area contributed by atoms with Crippen molar-refractivity contribution < 1.29 is 4.79 Å². The number of carbonyl (C=O) groups excluding carboxylic acids is 1. The molecular formula is C13H21BrN2O. The number of unbranched alkanes of at least 4 members (excludes halogenated alkanes) is 2. The fourth-order valence-corrected chi connectivity index (χ4v) is 2.16. The van der Waals surface area contributed by atoms with Crippen LogP contribution >= 0.6 is 15.9 Å². The summed E-state index contributed by atoms with van der Waals surface area (Å²) in [7, 11) is 0. The number of hydrogen-bond acceptors (Lipinski definition) is 1. The average Bonchev–Trinajstić information content (AvgIpc) is 2.66. The minimum absolute atomic E-state index is 0.0144. The van der Waals surface area contributed by atoms with Crippen LogP contribution in [0.25, 0.3) is 0 Å². The molecule has 0 aliphatic heterocycles. The van der Waals surface area contributed by atoms with E-state index in [1.54, 1.807) is 0 Å². The molecule has 0 radical (unpaired) electrons. The fraction of sp³-hybridized carbons (Fsp3) is 0.615. The number of carbonyl (C=O) groups is 1. The highest BCUT2D eigenvalue weighted by atomic mass is 79.9. The van der Waals surface area contributed by atoms with Crippen LogP contribution in [0.2, 0.25) is 0 Å². The van der Waals surface area contributed by atoms with Crippen molar-refractivity contribution in [2.45, 2.75) is 46.1 Å². The molecule has 0 saturated heterocycles. The van der Waals surface area contributed by atoms with Gasteiger partial charge in [-0.15, -0.1) is 0 Å². The Labute approximate surface area is 112 Å². The molecule has 0 unspecified atom stereocenters. The molecule has 3 nitrogen and oxygen atoms in total. The lowest BCUT2D eigenvalue weighted by atomic mass is 10.2. The molecule has 0 atom stereocenters. The molecule has 1 aromatic heterocycles. The summed E-state index contributed by atoms with van der Waals surface area (Å²) in [6.45, 7) is 7.05. The van der Waals surface area contributed by atoms with E-state index in [1.165, 1.54) is 6.42 Å². The second-order valence-electron chi connectivity index (χ2n) is 4.51. The second kappa shape index (κ2) is 6.84. The summed E-state index contributed by atoms with van der Waals surface area (Å²) in [4.78, 5) is 12.0. The predicted molar refractivity (Wildman–Crippen MR) is 74.4 cm³/mol. The molecule has 1 N–H and O–H groups in total. The van der Waals surface area contributed by atoms with Gasteiger partial charge < -0.3 is 9.88 Å². The first kappa shape index (κ1) is 14.3. The largest absolute Gasteiger partial charge is 0.351 e. The summed E-state index contributed by atoms with van der Waals surface area (Å²) in [5.41, 5.74) is 0.725. The molecule has 0 aliphatic carbocycles. The van der Waals surface area contributed by atoms with Crippen LogP contribution in [0.1, 0.15) is 56.6 Å². The monoisotopic (exact) mass is 300 g/mol. The van der Waals surface area contributed by atoms with Gasteiger partial charge in [0.2, 0.25) is 0 Å². The quantitative estimate of drug-likeness (QED) is 0.798. The summed E-state index contributed by atoms with van der Waals surface area (Å²) in [5, 5.41) is 2.96. The molecule has 4 heteroatoms. The van der Waals surface area contributed by atoms with Gasteiger partial charge in [0, 0.05) is 23.3 Å². The number of nitrogens with zero attached hydrogens (tertiary/aromatic N) is 1. The zero-order chi connectivity index (χ0) is 12.8. The number of hydrogen-bond donors (Lipinski definition) is 1. The van der Waals surface area contributed by atoms with Crippen LogP contribution in [-0.2, 0) is 0 Å². The minimum atomic E-state index is 0.0144. The number of amides is 1. The van der Waals surface area contributed by atoms with E-state index in [2.05, 4.69) is 42.0 Å². The average molecular weight is 301 g/mol. The van der Waals surface area contributed by atoms with Crippen LogP contribution in [0, 0.1) is 0 Å². The molecule has 1 heterocycles.